The topological polar surface area (TPSA) is 72.3 Å². The standard InChI is InChI=1S/C29H36FN3O3S/c1-21(2)18-32(28(34)24-11-8-12-25(30)16-24)19-27-17-31-29(33(27)26-13-5-4-6-14-26)37(35,36)20-23-10-7-9-22(3)15-23/h7-12,15-17,21,26H,4-6,13-14,18-20H2,1-3H3. The summed E-state index contributed by atoms with van der Waals surface area (Å²) >= 11 is 0. The van der Waals surface area contributed by atoms with Crippen LogP contribution in [0.5, 0.6) is 0 Å². The number of aryl methyl sites for hydroxylation is 1. The molecule has 0 bridgehead atoms. The van der Waals surface area contributed by atoms with E-state index in [0.717, 1.165) is 43.2 Å². The Morgan fingerprint density at radius 3 is 2.51 bits per heavy atom. The van der Waals surface area contributed by atoms with Gasteiger partial charge in [-0.2, -0.15) is 0 Å². The number of benzene rings is 2. The van der Waals surface area contributed by atoms with Gasteiger partial charge in [0, 0.05) is 18.2 Å². The van der Waals surface area contributed by atoms with E-state index in [1.165, 1.54) is 18.2 Å². The summed E-state index contributed by atoms with van der Waals surface area (Å²) in [5, 5.41) is 0.0682. The quantitative estimate of drug-likeness (QED) is 0.338. The van der Waals surface area contributed by atoms with Crippen LogP contribution in [0.1, 0.15) is 79.2 Å². The number of nitrogens with zero attached hydrogens (tertiary/aromatic N) is 3. The zero-order valence-electron chi connectivity index (χ0n) is 21.9. The monoisotopic (exact) mass is 525 g/mol. The summed E-state index contributed by atoms with van der Waals surface area (Å²) in [5.74, 6) is -0.704. The van der Waals surface area contributed by atoms with Crippen molar-refractivity contribution in [3.05, 3.63) is 82.9 Å². The summed E-state index contributed by atoms with van der Waals surface area (Å²) in [4.78, 5) is 19.5. The summed E-state index contributed by atoms with van der Waals surface area (Å²) in [7, 11) is -3.73. The predicted molar refractivity (Wildman–Crippen MR) is 142 cm³/mol. The van der Waals surface area contributed by atoms with Crippen molar-refractivity contribution in [1.82, 2.24) is 14.5 Å². The molecule has 1 aromatic heterocycles. The van der Waals surface area contributed by atoms with E-state index in [0.29, 0.717) is 12.2 Å². The van der Waals surface area contributed by atoms with Gasteiger partial charge in [-0.1, -0.05) is 69.0 Å². The molecule has 1 fully saturated rings. The first-order valence-corrected chi connectivity index (χ1v) is 14.7. The van der Waals surface area contributed by atoms with Crippen LogP contribution in [0.2, 0.25) is 0 Å². The highest BCUT2D eigenvalue weighted by molar-refractivity contribution is 7.90. The zero-order valence-corrected chi connectivity index (χ0v) is 22.7. The fourth-order valence-corrected chi connectivity index (χ4v) is 6.73. The van der Waals surface area contributed by atoms with Gasteiger partial charge in [-0.05, 0) is 49.4 Å². The van der Waals surface area contributed by atoms with Crippen LogP contribution in [0.15, 0.2) is 59.9 Å². The molecule has 1 heterocycles. The van der Waals surface area contributed by atoms with Crippen LogP contribution in [0.25, 0.3) is 0 Å². The molecule has 1 saturated carbocycles. The fourth-order valence-electron chi connectivity index (χ4n) is 5.20. The number of amides is 1. The lowest BCUT2D eigenvalue weighted by Gasteiger charge is -2.29. The molecule has 3 aromatic rings. The number of aromatic nitrogens is 2. The van der Waals surface area contributed by atoms with E-state index in [4.69, 9.17) is 0 Å². The third-order valence-corrected chi connectivity index (χ3v) is 8.37. The molecule has 1 aliphatic rings. The van der Waals surface area contributed by atoms with Crippen LogP contribution in [-0.2, 0) is 22.1 Å². The first-order chi connectivity index (χ1) is 17.6. The van der Waals surface area contributed by atoms with Crippen molar-refractivity contribution in [1.29, 1.82) is 0 Å². The van der Waals surface area contributed by atoms with Gasteiger partial charge in [-0.15, -0.1) is 0 Å². The minimum absolute atomic E-state index is 0.0127. The second-order valence-electron chi connectivity index (χ2n) is 10.5. The molecule has 198 valence electrons. The smallest absolute Gasteiger partial charge is 0.254 e. The Morgan fingerprint density at radius 1 is 1.11 bits per heavy atom. The van der Waals surface area contributed by atoms with Gasteiger partial charge < -0.3 is 9.47 Å². The van der Waals surface area contributed by atoms with Crippen LogP contribution >= 0.6 is 0 Å². The van der Waals surface area contributed by atoms with Gasteiger partial charge >= 0.3 is 0 Å². The second-order valence-corrected chi connectivity index (χ2v) is 12.4. The Morgan fingerprint density at radius 2 is 1.84 bits per heavy atom. The average Bonchev–Trinajstić information content (AvgIpc) is 3.28. The van der Waals surface area contributed by atoms with Crippen molar-refractivity contribution in [2.45, 2.75) is 76.4 Å². The third-order valence-electron chi connectivity index (χ3n) is 6.79. The Balaban J connectivity index is 1.71. The van der Waals surface area contributed by atoms with Crippen molar-refractivity contribution in [2.75, 3.05) is 6.54 Å². The molecule has 1 aliphatic carbocycles. The molecule has 0 unspecified atom stereocenters. The van der Waals surface area contributed by atoms with E-state index < -0.39 is 15.7 Å². The maximum atomic E-state index is 13.9. The first kappa shape index (κ1) is 27.0. The number of rotatable bonds is 9. The molecule has 1 amide bonds. The minimum Gasteiger partial charge on any atom is -0.333 e. The largest absolute Gasteiger partial charge is 0.333 e. The molecule has 0 spiro atoms. The second kappa shape index (κ2) is 11.6. The number of hydrogen-bond acceptors (Lipinski definition) is 4. The summed E-state index contributed by atoms with van der Waals surface area (Å²) in [6.07, 6.45) is 6.53. The molecule has 0 saturated heterocycles. The highest BCUT2D eigenvalue weighted by atomic mass is 32.2. The van der Waals surface area contributed by atoms with Crippen LogP contribution < -0.4 is 0 Å². The minimum atomic E-state index is -3.73. The van der Waals surface area contributed by atoms with Gasteiger partial charge in [0.15, 0.2) is 0 Å². The van der Waals surface area contributed by atoms with Crippen molar-refractivity contribution < 1.29 is 17.6 Å². The number of carbonyl (C=O) groups excluding carboxylic acids is 1. The van der Waals surface area contributed by atoms with Crippen molar-refractivity contribution in [3.8, 4) is 0 Å². The number of carbonyl (C=O) groups is 1. The highest BCUT2D eigenvalue weighted by Gasteiger charge is 2.30. The molecule has 2 aromatic carbocycles. The Hall–Kier alpha value is -3.00. The average molecular weight is 526 g/mol. The molecule has 0 aliphatic heterocycles. The zero-order chi connectivity index (χ0) is 26.6. The summed E-state index contributed by atoms with van der Waals surface area (Å²) < 4.78 is 43.0. The molecule has 4 rings (SSSR count). The van der Waals surface area contributed by atoms with Gasteiger partial charge in [-0.3, -0.25) is 4.79 Å². The van der Waals surface area contributed by atoms with Gasteiger partial charge in [0.25, 0.3) is 5.91 Å². The molecule has 0 atom stereocenters. The van der Waals surface area contributed by atoms with E-state index in [1.54, 1.807) is 17.2 Å². The fraction of sp³-hybridized carbons (Fsp3) is 0.448. The molecule has 0 N–H and O–H groups in total. The summed E-state index contributed by atoms with van der Waals surface area (Å²) in [6.45, 7) is 6.63. The van der Waals surface area contributed by atoms with E-state index in [1.807, 2.05) is 49.6 Å². The molecular weight excluding hydrogens is 489 g/mol. The van der Waals surface area contributed by atoms with Crippen LogP contribution in [-0.4, -0.2) is 35.3 Å². The van der Waals surface area contributed by atoms with E-state index in [9.17, 15) is 17.6 Å². The maximum absolute atomic E-state index is 13.9. The Labute approximate surface area is 219 Å². The summed E-state index contributed by atoms with van der Waals surface area (Å²) in [5.41, 5.74) is 2.70. The Bertz CT molecular complexity index is 1340. The SMILES string of the molecule is Cc1cccc(CS(=O)(=O)c2ncc(CN(CC(C)C)C(=O)c3cccc(F)c3)n2C2CCCCC2)c1. The molecule has 0 radical (unpaired) electrons. The highest BCUT2D eigenvalue weighted by Crippen LogP contribution is 2.33. The van der Waals surface area contributed by atoms with Gasteiger partial charge in [0.2, 0.25) is 15.0 Å². The van der Waals surface area contributed by atoms with Gasteiger partial charge in [0.1, 0.15) is 5.82 Å². The first-order valence-electron chi connectivity index (χ1n) is 13.0. The van der Waals surface area contributed by atoms with Gasteiger partial charge in [0.05, 0.1) is 24.2 Å². The number of imidazole rings is 1. The normalized spacial score (nSPS) is 14.7. The lowest BCUT2D eigenvalue weighted by molar-refractivity contribution is 0.0716. The van der Waals surface area contributed by atoms with E-state index >= 15 is 0 Å². The molecule has 6 nitrogen and oxygen atoms in total. The molecule has 8 heteroatoms. The van der Waals surface area contributed by atoms with E-state index in [-0.39, 0.29) is 40.9 Å². The van der Waals surface area contributed by atoms with Crippen molar-refractivity contribution in [2.24, 2.45) is 5.92 Å². The molecular formula is C29H36FN3O3S. The maximum Gasteiger partial charge on any atom is 0.254 e. The van der Waals surface area contributed by atoms with Crippen molar-refractivity contribution >= 4 is 15.7 Å². The predicted octanol–water partition coefficient (Wildman–Crippen LogP) is 6.11. The van der Waals surface area contributed by atoms with Crippen LogP contribution in [0.4, 0.5) is 4.39 Å². The summed E-state index contributed by atoms with van der Waals surface area (Å²) in [6, 6.07) is 13.2. The van der Waals surface area contributed by atoms with Crippen molar-refractivity contribution in [3.63, 3.8) is 0 Å². The number of hydrogen-bond donors (Lipinski definition) is 0. The van der Waals surface area contributed by atoms with Crippen LogP contribution in [0.3, 0.4) is 0 Å². The third kappa shape index (κ3) is 6.66. The van der Waals surface area contributed by atoms with E-state index in [2.05, 4.69) is 4.98 Å². The lowest BCUT2D eigenvalue weighted by atomic mass is 9.95. The van der Waals surface area contributed by atoms with Crippen LogP contribution in [0, 0.1) is 18.7 Å². The number of sulfone groups is 1. The number of halogens is 1. The Kier molecular flexibility index (Phi) is 8.47. The van der Waals surface area contributed by atoms with Gasteiger partial charge in [-0.25, -0.2) is 17.8 Å². The molecule has 37 heavy (non-hydrogen) atoms. The lowest BCUT2D eigenvalue weighted by Crippen LogP contribution is -2.35.